The normalized spacial score (nSPS) is 10.6. The van der Waals surface area contributed by atoms with Crippen molar-refractivity contribution in [2.24, 2.45) is 5.41 Å². The predicted molar refractivity (Wildman–Crippen MR) is 69.1 cm³/mol. The zero-order chi connectivity index (χ0) is 14.6. The third-order valence-corrected chi connectivity index (χ3v) is 2.90. The summed E-state index contributed by atoms with van der Waals surface area (Å²) < 4.78 is 0. The number of carbonyl (C=O) groups excluding carboxylic acids is 1. The van der Waals surface area contributed by atoms with Crippen molar-refractivity contribution in [3.8, 4) is 6.07 Å². The number of nitro benzene ring substituents is 1. The third-order valence-electron chi connectivity index (χ3n) is 2.90. The number of benzene rings is 1. The number of hydrogen-bond donors (Lipinski definition) is 1. The van der Waals surface area contributed by atoms with Crippen LogP contribution in [0.4, 0.5) is 5.69 Å². The summed E-state index contributed by atoms with van der Waals surface area (Å²) in [6.07, 6.45) is 0. The highest BCUT2D eigenvalue weighted by atomic mass is 16.6. The van der Waals surface area contributed by atoms with Crippen LogP contribution in [0, 0.1) is 33.8 Å². The monoisotopic (exact) mass is 261 g/mol. The molecule has 19 heavy (non-hydrogen) atoms. The molecular formula is C13H15N3O3. The standard InChI is InChI=1S/C13H15N3O3/c1-9-10(5-4-6-11(9)16(18)19)7-15-12(17)13(2,3)8-14/h4-6H,7H2,1-3H3,(H,15,17). The molecule has 0 saturated carbocycles. The minimum absolute atomic E-state index is 0.0197. The first-order valence-electron chi connectivity index (χ1n) is 5.72. The third kappa shape index (κ3) is 3.28. The van der Waals surface area contributed by atoms with Crippen LogP contribution in [0.2, 0.25) is 0 Å². The van der Waals surface area contributed by atoms with E-state index < -0.39 is 16.2 Å². The molecule has 0 aliphatic rings. The Hall–Kier alpha value is -2.42. The summed E-state index contributed by atoms with van der Waals surface area (Å²) in [4.78, 5) is 22.1. The summed E-state index contributed by atoms with van der Waals surface area (Å²) in [6.45, 7) is 4.83. The Bertz CT molecular complexity index is 559. The van der Waals surface area contributed by atoms with Gasteiger partial charge in [-0.3, -0.25) is 14.9 Å². The van der Waals surface area contributed by atoms with Crippen molar-refractivity contribution in [1.29, 1.82) is 5.26 Å². The second-order valence-electron chi connectivity index (χ2n) is 4.74. The molecule has 1 N–H and O–H groups in total. The van der Waals surface area contributed by atoms with Crippen molar-refractivity contribution in [1.82, 2.24) is 5.32 Å². The van der Waals surface area contributed by atoms with Gasteiger partial charge in [0, 0.05) is 18.2 Å². The van der Waals surface area contributed by atoms with Crippen LogP contribution in [-0.2, 0) is 11.3 Å². The fraction of sp³-hybridized carbons (Fsp3) is 0.385. The highest BCUT2D eigenvalue weighted by Gasteiger charge is 2.27. The zero-order valence-corrected chi connectivity index (χ0v) is 11.1. The van der Waals surface area contributed by atoms with E-state index in [1.165, 1.54) is 19.9 Å². The van der Waals surface area contributed by atoms with Crippen LogP contribution in [0.15, 0.2) is 18.2 Å². The number of nitriles is 1. The van der Waals surface area contributed by atoms with Crippen LogP contribution < -0.4 is 5.32 Å². The van der Waals surface area contributed by atoms with Crippen molar-refractivity contribution in [3.05, 3.63) is 39.4 Å². The molecule has 1 rings (SSSR count). The van der Waals surface area contributed by atoms with Gasteiger partial charge >= 0.3 is 0 Å². The Morgan fingerprint density at radius 2 is 2.16 bits per heavy atom. The van der Waals surface area contributed by atoms with E-state index in [4.69, 9.17) is 5.26 Å². The smallest absolute Gasteiger partial charge is 0.272 e. The number of nitro groups is 1. The van der Waals surface area contributed by atoms with Gasteiger partial charge in [0.05, 0.1) is 11.0 Å². The van der Waals surface area contributed by atoms with E-state index in [2.05, 4.69) is 5.32 Å². The fourth-order valence-electron chi connectivity index (χ4n) is 1.51. The van der Waals surface area contributed by atoms with Gasteiger partial charge in [0.2, 0.25) is 5.91 Å². The Kier molecular flexibility index (Phi) is 4.22. The Balaban J connectivity index is 2.86. The molecule has 0 aliphatic carbocycles. The predicted octanol–water partition coefficient (Wildman–Crippen LogP) is 2.07. The number of carbonyl (C=O) groups is 1. The topological polar surface area (TPSA) is 96.0 Å². The molecule has 1 aromatic rings. The Labute approximate surface area is 111 Å². The summed E-state index contributed by atoms with van der Waals surface area (Å²) in [6, 6.07) is 6.60. The lowest BCUT2D eigenvalue weighted by Gasteiger charge is -2.15. The van der Waals surface area contributed by atoms with Gasteiger partial charge in [-0.1, -0.05) is 12.1 Å². The van der Waals surface area contributed by atoms with Gasteiger partial charge in [-0.05, 0) is 26.3 Å². The first kappa shape index (κ1) is 14.6. The lowest BCUT2D eigenvalue weighted by molar-refractivity contribution is -0.385. The second-order valence-corrected chi connectivity index (χ2v) is 4.74. The molecule has 0 fully saturated rings. The zero-order valence-electron chi connectivity index (χ0n) is 11.1. The maximum atomic E-state index is 11.7. The number of amides is 1. The molecule has 0 spiro atoms. The van der Waals surface area contributed by atoms with E-state index in [9.17, 15) is 14.9 Å². The van der Waals surface area contributed by atoms with E-state index in [0.717, 1.165) is 0 Å². The highest BCUT2D eigenvalue weighted by molar-refractivity contribution is 5.84. The Morgan fingerprint density at radius 3 is 2.68 bits per heavy atom. The van der Waals surface area contributed by atoms with Gasteiger partial charge < -0.3 is 5.32 Å². The van der Waals surface area contributed by atoms with Crippen LogP contribution in [0.3, 0.4) is 0 Å². The average Bonchev–Trinajstić information content (AvgIpc) is 2.36. The molecule has 6 nitrogen and oxygen atoms in total. The second kappa shape index (κ2) is 5.48. The molecule has 0 aliphatic heterocycles. The van der Waals surface area contributed by atoms with Crippen molar-refractivity contribution >= 4 is 11.6 Å². The van der Waals surface area contributed by atoms with Gasteiger partial charge in [-0.2, -0.15) is 5.26 Å². The quantitative estimate of drug-likeness (QED) is 0.662. The van der Waals surface area contributed by atoms with Gasteiger partial charge in [-0.15, -0.1) is 0 Å². The van der Waals surface area contributed by atoms with Crippen LogP contribution >= 0.6 is 0 Å². The van der Waals surface area contributed by atoms with E-state index in [1.54, 1.807) is 19.1 Å². The molecule has 100 valence electrons. The lowest BCUT2D eigenvalue weighted by atomic mass is 9.94. The summed E-state index contributed by atoms with van der Waals surface area (Å²) in [5, 5.41) is 22.2. The largest absolute Gasteiger partial charge is 0.351 e. The van der Waals surface area contributed by atoms with Crippen LogP contribution in [-0.4, -0.2) is 10.8 Å². The first-order valence-corrected chi connectivity index (χ1v) is 5.72. The van der Waals surface area contributed by atoms with Crippen LogP contribution in [0.5, 0.6) is 0 Å². The fourth-order valence-corrected chi connectivity index (χ4v) is 1.51. The summed E-state index contributed by atoms with van der Waals surface area (Å²) >= 11 is 0. The summed E-state index contributed by atoms with van der Waals surface area (Å²) in [5.74, 6) is -0.402. The number of rotatable bonds is 4. The summed E-state index contributed by atoms with van der Waals surface area (Å²) in [7, 11) is 0. The van der Waals surface area contributed by atoms with Crippen molar-refractivity contribution in [2.75, 3.05) is 0 Å². The van der Waals surface area contributed by atoms with Crippen molar-refractivity contribution in [2.45, 2.75) is 27.3 Å². The summed E-state index contributed by atoms with van der Waals surface area (Å²) in [5.41, 5.74) is 0.0828. The van der Waals surface area contributed by atoms with E-state index in [-0.39, 0.29) is 12.2 Å². The molecular weight excluding hydrogens is 246 g/mol. The molecule has 0 radical (unpaired) electrons. The number of nitrogens with one attached hydrogen (secondary N) is 1. The number of nitrogens with zero attached hydrogens (tertiary/aromatic N) is 2. The highest BCUT2D eigenvalue weighted by Crippen LogP contribution is 2.21. The number of hydrogen-bond acceptors (Lipinski definition) is 4. The van der Waals surface area contributed by atoms with Gasteiger partial charge in [-0.25, -0.2) is 0 Å². The molecule has 0 aromatic heterocycles. The van der Waals surface area contributed by atoms with Crippen LogP contribution in [0.25, 0.3) is 0 Å². The molecule has 0 saturated heterocycles. The van der Waals surface area contributed by atoms with Gasteiger partial charge in [0.15, 0.2) is 0 Å². The molecule has 1 amide bonds. The minimum atomic E-state index is -1.12. The SMILES string of the molecule is Cc1c(CNC(=O)C(C)(C)C#N)cccc1[N+](=O)[O-]. The van der Waals surface area contributed by atoms with E-state index in [0.29, 0.717) is 11.1 Å². The maximum Gasteiger partial charge on any atom is 0.272 e. The van der Waals surface area contributed by atoms with Crippen molar-refractivity contribution < 1.29 is 9.72 Å². The molecule has 0 unspecified atom stereocenters. The molecule has 6 heteroatoms. The first-order chi connectivity index (χ1) is 8.79. The maximum absolute atomic E-state index is 11.7. The Morgan fingerprint density at radius 1 is 1.53 bits per heavy atom. The van der Waals surface area contributed by atoms with E-state index in [1.807, 2.05) is 6.07 Å². The molecule has 1 aromatic carbocycles. The average molecular weight is 261 g/mol. The van der Waals surface area contributed by atoms with Crippen molar-refractivity contribution in [3.63, 3.8) is 0 Å². The lowest BCUT2D eigenvalue weighted by Crippen LogP contribution is -2.35. The molecule has 0 bridgehead atoms. The van der Waals surface area contributed by atoms with Crippen LogP contribution in [0.1, 0.15) is 25.0 Å². The van der Waals surface area contributed by atoms with Gasteiger partial charge in [0.25, 0.3) is 5.69 Å². The molecule has 0 atom stereocenters. The van der Waals surface area contributed by atoms with E-state index >= 15 is 0 Å². The van der Waals surface area contributed by atoms with Gasteiger partial charge in [0.1, 0.15) is 5.41 Å². The minimum Gasteiger partial charge on any atom is -0.351 e. The molecule has 0 heterocycles.